The molecule has 0 spiro atoms. The van der Waals surface area contributed by atoms with Gasteiger partial charge in [0.15, 0.2) is 17.5 Å². The minimum Gasteiger partial charge on any atom is -0.208 e. The Labute approximate surface area is 361 Å². The van der Waals surface area contributed by atoms with Crippen LogP contribution in [0.25, 0.3) is 108 Å². The van der Waals surface area contributed by atoms with E-state index in [-0.39, 0.29) is 63.4 Å². The Bertz CT molecular complexity index is 4350. The molecule has 0 N–H and O–H groups in total. The molecule has 11 rings (SSSR count). The van der Waals surface area contributed by atoms with Crippen LogP contribution in [0.1, 0.15) is 28.8 Å². The molecule has 0 radical (unpaired) electrons. The summed E-state index contributed by atoms with van der Waals surface area (Å²) in [6, 6.07) is 2.67. The Morgan fingerprint density at radius 3 is 1.62 bits per heavy atom. The maximum Gasteiger partial charge on any atom is 0.165 e. The number of benzene rings is 8. The average Bonchev–Trinajstić information content (AvgIpc) is 4.16. The lowest BCUT2D eigenvalue weighted by atomic mass is 9.94. The molecular formula is C51H31N3S2. The maximum atomic E-state index is 9.98. The highest BCUT2D eigenvalue weighted by atomic mass is 32.1. The van der Waals surface area contributed by atoms with Gasteiger partial charge in [-0.3, -0.25) is 0 Å². The molecule has 0 saturated carbocycles. The fourth-order valence-electron chi connectivity index (χ4n) is 6.31. The highest BCUT2D eigenvalue weighted by Crippen LogP contribution is 2.46. The summed E-state index contributed by atoms with van der Waals surface area (Å²) in [6.07, 6.45) is 0. The number of aromatic nitrogens is 3. The third-order valence-corrected chi connectivity index (χ3v) is 11.2. The topological polar surface area (TPSA) is 38.7 Å². The van der Waals surface area contributed by atoms with Gasteiger partial charge in [0, 0.05) is 62.6 Å². The van der Waals surface area contributed by atoms with Crippen molar-refractivity contribution in [1.82, 2.24) is 15.0 Å². The lowest BCUT2D eigenvalue weighted by Crippen LogP contribution is -2.00. The van der Waals surface area contributed by atoms with Gasteiger partial charge in [-0.2, -0.15) is 0 Å². The lowest BCUT2D eigenvalue weighted by Gasteiger charge is -2.10. The van der Waals surface area contributed by atoms with E-state index in [9.17, 15) is 15.1 Å². The molecule has 5 heteroatoms. The van der Waals surface area contributed by atoms with Crippen LogP contribution in [0, 0.1) is 0 Å². The van der Waals surface area contributed by atoms with Crippen molar-refractivity contribution in [3.8, 4) is 67.5 Å². The van der Waals surface area contributed by atoms with Crippen LogP contribution in [0.4, 0.5) is 0 Å². The summed E-state index contributed by atoms with van der Waals surface area (Å²) in [4.78, 5) is 14.3. The zero-order valence-electron chi connectivity index (χ0n) is 49.4. The van der Waals surface area contributed by atoms with E-state index >= 15 is 0 Å². The van der Waals surface area contributed by atoms with Crippen molar-refractivity contribution in [2.75, 3.05) is 0 Å². The predicted octanol–water partition coefficient (Wildman–Crippen LogP) is 14.6. The van der Waals surface area contributed by atoms with Crippen LogP contribution in [0.3, 0.4) is 0 Å². The lowest BCUT2D eigenvalue weighted by molar-refractivity contribution is 1.08. The minimum absolute atomic E-state index is 0.0430. The van der Waals surface area contributed by atoms with Gasteiger partial charge in [-0.15, -0.1) is 22.7 Å². The number of rotatable bonds is 6. The molecule has 11 aromatic rings. The number of hydrogen-bond acceptors (Lipinski definition) is 5. The first-order valence-corrected chi connectivity index (χ1v) is 18.6. The molecule has 0 aliphatic heterocycles. The third kappa shape index (κ3) is 5.68. The number of thiophene rings is 2. The highest BCUT2D eigenvalue weighted by Gasteiger charge is 2.19. The summed E-state index contributed by atoms with van der Waals surface area (Å²) in [5.74, 6) is 0.337. The van der Waals surface area contributed by atoms with Crippen LogP contribution in [0.5, 0.6) is 0 Å². The molecule has 0 unspecified atom stereocenters. The van der Waals surface area contributed by atoms with Gasteiger partial charge >= 0.3 is 0 Å². The van der Waals surface area contributed by atoms with E-state index in [0.717, 1.165) is 11.3 Å². The molecule has 262 valence electrons. The van der Waals surface area contributed by atoms with Crippen LogP contribution in [-0.2, 0) is 0 Å². The molecule has 3 aromatic heterocycles. The summed E-state index contributed by atoms with van der Waals surface area (Å²) in [5.41, 5.74) is -2.42. The van der Waals surface area contributed by atoms with Gasteiger partial charge in [0.25, 0.3) is 0 Å². The number of hydrogen-bond donors (Lipinski definition) is 0. The predicted molar refractivity (Wildman–Crippen MR) is 238 cm³/mol. The summed E-state index contributed by atoms with van der Waals surface area (Å²) < 4.78 is 190. The Kier molecular flexibility index (Phi) is 4.29. The minimum atomic E-state index is -0.933. The standard InChI is InChI=1S/C51H31N3S2/c1-4-13-32(14-5-1)33-23-25-34(26-24-33)38-29-43(48-44(30-38)39-19-10-11-22-45(39)55-48)37-27-28-40-41-20-12-21-42(47(41)56-46(40)31-37)51-53-49(35-15-6-2-7-16-35)52-50(54-51)36-17-8-3-9-18-36/h1-31H/i1D,4D,5D,10D,11D,12D,13D,14D,19D,20D,21D,22D,23D,24D,25D,26D,27D,28D,29D,30D,31D. The molecule has 0 amide bonds. The van der Waals surface area contributed by atoms with E-state index in [2.05, 4.69) is 0 Å². The van der Waals surface area contributed by atoms with Gasteiger partial charge in [-0.1, -0.05) is 157 Å². The first-order valence-electron chi connectivity index (χ1n) is 27.5. The van der Waals surface area contributed by atoms with E-state index in [1.165, 1.54) is 0 Å². The number of nitrogens with zero attached hydrogens (tertiary/aromatic N) is 3. The largest absolute Gasteiger partial charge is 0.208 e. The van der Waals surface area contributed by atoms with Gasteiger partial charge in [0.05, 0.1) is 28.8 Å². The summed E-state index contributed by atoms with van der Waals surface area (Å²) in [7, 11) is 0. The zero-order chi connectivity index (χ0) is 55.3. The monoisotopic (exact) mass is 770 g/mol. The molecule has 0 aliphatic carbocycles. The normalized spacial score (nSPS) is 16.8. The van der Waals surface area contributed by atoms with E-state index in [1.54, 1.807) is 48.5 Å². The number of fused-ring (bicyclic) bond motifs is 6. The summed E-state index contributed by atoms with van der Waals surface area (Å²) >= 11 is 1.53. The Morgan fingerprint density at radius 1 is 0.339 bits per heavy atom. The van der Waals surface area contributed by atoms with Crippen molar-refractivity contribution < 1.29 is 28.8 Å². The van der Waals surface area contributed by atoms with E-state index in [1.807, 2.05) is 12.1 Å². The molecule has 0 bridgehead atoms. The first-order chi connectivity index (χ1) is 36.5. The van der Waals surface area contributed by atoms with Gasteiger partial charge in [0.2, 0.25) is 0 Å². The van der Waals surface area contributed by atoms with Gasteiger partial charge in [0.1, 0.15) is 0 Å². The van der Waals surface area contributed by atoms with Gasteiger partial charge < -0.3 is 0 Å². The van der Waals surface area contributed by atoms with Crippen molar-refractivity contribution in [3.05, 3.63) is 188 Å². The molecule has 0 atom stereocenters. The Hall–Kier alpha value is -6.79. The van der Waals surface area contributed by atoms with Crippen LogP contribution in [-0.4, -0.2) is 15.0 Å². The molecule has 56 heavy (non-hydrogen) atoms. The van der Waals surface area contributed by atoms with Crippen LogP contribution < -0.4 is 0 Å². The Morgan fingerprint density at radius 2 is 0.893 bits per heavy atom. The Balaban J connectivity index is 1.26. The van der Waals surface area contributed by atoms with Crippen molar-refractivity contribution in [2.24, 2.45) is 0 Å². The van der Waals surface area contributed by atoms with Crippen molar-refractivity contribution >= 4 is 63.0 Å². The van der Waals surface area contributed by atoms with E-state index in [4.69, 9.17) is 28.7 Å². The molecule has 0 fully saturated rings. The summed E-state index contributed by atoms with van der Waals surface area (Å²) in [5, 5.41) is -0.728. The van der Waals surface area contributed by atoms with Gasteiger partial charge in [-0.05, 0) is 58.0 Å². The molecular weight excluding hydrogens is 719 g/mol. The smallest absolute Gasteiger partial charge is 0.165 e. The molecule has 0 saturated heterocycles. The summed E-state index contributed by atoms with van der Waals surface area (Å²) in [6.45, 7) is 0. The highest BCUT2D eigenvalue weighted by molar-refractivity contribution is 7.27. The SMILES string of the molecule is [2H]c1c([2H])c([2H])c(-c2c([2H])c([2H])c(-c3c([2H])c(-c4c([2H])c([2H])c5c(sc6c(-c7nc(-c8ccccc8)nc(-c8ccccc8)n7)c([2H])c([2H])c([2H])c65)c4[2H])c4sc5c([2H])c([2H])c([2H])c([2H])c5c4c3[2H])c([2H])c2[2H])c([2H])c1[2H]. The molecule has 3 heterocycles. The third-order valence-electron chi connectivity index (χ3n) is 8.92. The molecule has 3 nitrogen and oxygen atoms in total. The fourth-order valence-corrected chi connectivity index (χ4v) is 8.50. The molecule has 8 aromatic carbocycles. The zero-order valence-corrected chi connectivity index (χ0v) is 30.1. The van der Waals surface area contributed by atoms with Crippen molar-refractivity contribution in [1.29, 1.82) is 0 Å². The van der Waals surface area contributed by atoms with Crippen LogP contribution >= 0.6 is 22.7 Å². The van der Waals surface area contributed by atoms with E-state index in [0.29, 0.717) is 22.5 Å². The van der Waals surface area contributed by atoms with Crippen LogP contribution in [0.15, 0.2) is 188 Å². The second-order valence-electron chi connectivity index (χ2n) is 12.3. The van der Waals surface area contributed by atoms with Crippen LogP contribution in [0.2, 0.25) is 0 Å². The second kappa shape index (κ2) is 13.5. The van der Waals surface area contributed by atoms with Gasteiger partial charge in [-0.25, -0.2) is 15.0 Å². The second-order valence-corrected chi connectivity index (χ2v) is 14.4. The fraction of sp³-hybridized carbons (Fsp3) is 0. The quantitative estimate of drug-likeness (QED) is 0.169. The van der Waals surface area contributed by atoms with E-state index < -0.39 is 160 Å². The maximum absolute atomic E-state index is 9.98. The first kappa shape index (κ1) is 17.8. The van der Waals surface area contributed by atoms with Crippen molar-refractivity contribution in [3.63, 3.8) is 0 Å². The molecule has 0 aliphatic rings. The average molecular weight is 771 g/mol. The van der Waals surface area contributed by atoms with Crippen molar-refractivity contribution in [2.45, 2.75) is 0 Å².